The molecule has 0 radical (unpaired) electrons. The fourth-order valence-corrected chi connectivity index (χ4v) is 6.63. The molecule has 1 spiro atoms. The zero-order chi connectivity index (χ0) is 25.8. The number of aromatic nitrogens is 4. The average molecular weight is 505 g/mol. The molecule has 2 saturated carbocycles. The molecule has 1 amide bonds. The topological polar surface area (TPSA) is 105 Å². The predicted octanol–water partition coefficient (Wildman–Crippen LogP) is 4.12. The van der Waals surface area contributed by atoms with Gasteiger partial charge in [-0.15, -0.1) is 5.10 Å². The second kappa shape index (κ2) is 8.97. The Balaban J connectivity index is 1.07. The van der Waals surface area contributed by atoms with Crippen molar-refractivity contribution in [3.05, 3.63) is 53.0 Å². The summed E-state index contributed by atoms with van der Waals surface area (Å²) in [5.74, 6) is 0.999. The number of fused-ring (bicyclic) bond motifs is 1. The number of nitrogens with zero attached hydrogens (tertiary/aromatic N) is 4. The fraction of sp³-hybridized carbons (Fsp3) is 0.571. The van der Waals surface area contributed by atoms with Crippen LogP contribution in [-0.4, -0.2) is 61.5 Å². The first-order chi connectivity index (χ1) is 17.7. The zero-order valence-corrected chi connectivity index (χ0v) is 21.9. The molecule has 9 nitrogen and oxygen atoms in total. The maximum absolute atomic E-state index is 12.9. The molecule has 1 saturated heterocycles. The standard InChI is InChI=1S/C28H36N6O3/c1-27(2,3)37-26(36)30-20-12-28(13-20)14-21(15-28)33-11-5-7-19(17-33)24-31-25(35)34(32-24)23-8-4-6-18-16-29-10-9-22(18)23/h4,6,8-10,16,19-21H,5,7,11-15,17H2,1-3H3,(H,30,36)(H,31,32,35)/t19-,20?,21?,28?/m0/s1. The van der Waals surface area contributed by atoms with Gasteiger partial charge in [-0.3, -0.25) is 14.9 Å². The number of hydrogen-bond donors (Lipinski definition) is 2. The van der Waals surface area contributed by atoms with Crippen molar-refractivity contribution < 1.29 is 9.53 Å². The highest BCUT2D eigenvalue weighted by molar-refractivity contribution is 5.89. The van der Waals surface area contributed by atoms with Gasteiger partial charge in [0.15, 0.2) is 0 Å². The SMILES string of the molecule is CC(C)(C)OC(=O)NC1CC2(C1)CC(N1CCC[C@H](c3nn(-c4cccc5cnccc45)c(=O)[nH]3)C1)C2. The van der Waals surface area contributed by atoms with Crippen LogP contribution in [0.5, 0.6) is 0 Å². The fourth-order valence-electron chi connectivity index (χ4n) is 6.63. The van der Waals surface area contributed by atoms with Gasteiger partial charge in [-0.05, 0) is 83.4 Å². The number of ether oxygens (including phenoxy) is 1. The van der Waals surface area contributed by atoms with Crippen LogP contribution in [0.25, 0.3) is 16.5 Å². The molecule has 3 fully saturated rings. The van der Waals surface area contributed by atoms with Crippen LogP contribution in [0.1, 0.15) is 71.0 Å². The second-order valence-electron chi connectivity index (χ2n) is 12.2. The number of H-pyrrole nitrogens is 1. The molecule has 0 unspecified atom stereocenters. The Labute approximate surface area is 216 Å². The van der Waals surface area contributed by atoms with Crippen molar-refractivity contribution in [3.63, 3.8) is 0 Å². The molecule has 1 atom stereocenters. The second-order valence-corrected chi connectivity index (χ2v) is 12.2. The third-order valence-corrected chi connectivity index (χ3v) is 8.29. The number of piperidine rings is 1. The first kappa shape index (κ1) is 24.2. The number of carbonyl (C=O) groups is 1. The van der Waals surface area contributed by atoms with Crippen LogP contribution in [0.4, 0.5) is 4.79 Å². The number of carbonyl (C=O) groups excluding carboxylic acids is 1. The van der Waals surface area contributed by atoms with E-state index in [4.69, 9.17) is 9.84 Å². The van der Waals surface area contributed by atoms with E-state index in [1.807, 2.05) is 45.0 Å². The van der Waals surface area contributed by atoms with Gasteiger partial charge in [0, 0.05) is 47.7 Å². The number of hydrogen-bond acceptors (Lipinski definition) is 6. The van der Waals surface area contributed by atoms with Crippen molar-refractivity contribution in [2.75, 3.05) is 13.1 Å². The molecule has 3 aliphatic rings. The number of benzene rings is 1. The quantitative estimate of drug-likeness (QED) is 0.554. The van der Waals surface area contributed by atoms with Crippen LogP contribution in [0.2, 0.25) is 0 Å². The number of pyridine rings is 1. The maximum Gasteiger partial charge on any atom is 0.407 e. The largest absolute Gasteiger partial charge is 0.444 e. The number of amides is 1. The van der Waals surface area contributed by atoms with Crippen molar-refractivity contribution in [1.82, 2.24) is 30.0 Å². The molecule has 9 heteroatoms. The number of rotatable bonds is 4. The summed E-state index contributed by atoms with van der Waals surface area (Å²) in [5, 5.41) is 9.73. The third kappa shape index (κ3) is 4.77. The summed E-state index contributed by atoms with van der Waals surface area (Å²) < 4.78 is 6.90. The highest BCUT2D eigenvalue weighted by atomic mass is 16.6. The molecule has 2 N–H and O–H groups in total. The lowest BCUT2D eigenvalue weighted by Crippen LogP contribution is -2.62. The van der Waals surface area contributed by atoms with Gasteiger partial charge >= 0.3 is 11.8 Å². The molecule has 2 aromatic heterocycles. The van der Waals surface area contributed by atoms with Crippen LogP contribution in [0.3, 0.4) is 0 Å². The lowest BCUT2D eigenvalue weighted by molar-refractivity contribution is -0.0794. The Kier molecular flexibility index (Phi) is 5.86. The van der Waals surface area contributed by atoms with Crippen LogP contribution >= 0.6 is 0 Å². The number of aromatic amines is 1. The normalized spacial score (nSPS) is 28.0. The Morgan fingerprint density at radius 3 is 2.78 bits per heavy atom. The summed E-state index contributed by atoms with van der Waals surface area (Å²) in [6, 6.07) is 8.58. The molecule has 3 aromatic rings. The van der Waals surface area contributed by atoms with Gasteiger partial charge in [0.1, 0.15) is 11.4 Å². The van der Waals surface area contributed by atoms with E-state index in [-0.39, 0.29) is 23.7 Å². The van der Waals surface area contributed by atoms with E-state index in [9.17, 15) is 9.59 Å². The molecule has 6 rings (SSSR count). The smallest absolute Gasteiger partial charge is 0.407 e. The first-order valence-corrected chi connectivity index (χ1v) is 13.4. The minimum atomic E-state index is -0.468. The predicted molar refractivity (Wildman–Crippen MR) is 141 cm³/mol. The van der Waals surface area contributed by atoms with Gasteiger partial charge < -0.3 is 10.1 Å². The number of nitrogens with one attached hydrogen (secondary N) is 2. The summed E-state index contributed by atoms with van der Waals surface area (Å²) in [4.78, 5) is 34.8. The number of alkyl carbamates (subject to hydrolysis) is 1. The summed E-state index contributed by atoms with van der Waals surface area (Å²) in [5.41, 5.74) is 0.485. The van der Waals surface area contributed by atoms with Gasteiger partial charge in [0.05, 0.1) is 5.69 Å². The molecule has 37 heavy (non-hydrogen) atoms. The van der Waals surface area contributed by atoms with Gasteiger partial charge in [-0.25, -0.2) is 9.59 Å². The molecular formula is C28H36N6O3. The highest BCUT2D eigenvalue weighted by Gasteiger charge is 2.55. The summed E-state index contributed by atoms with van der Waals surface area (Å²) in [7, 11) is 0. The zero-order valence-electron chi connectivity index (χ0n) is 21.9. The van der Waals surface area contributed by atoms with E-state index >= 15 is 0 Å². The Morgan fingerprint density at radius 1 is 1.19 bits per heavy atom. The summed E-state index contributed by atoms with van der Waals surface area (Å²) >= 11 is 0. The minimum absolute atomic E-state index is 0.197. The molecule has 3 heterocycles. The van der Waals surface area contributed by atoms with Crippen LogP contribution < -0.4 is 11.0 Å². The molecule has 1 aliphatic heterocycles. The van der Waals surface area contributed by atoms with Crippen molar-refractivity contribution in [2.24, 2.45) is 5.41 Å². The first-order valence-electron chi connectivity index (χ1n) is 13.4. The number of likely N-dealkylation sites (tertiary alicyclic amines) is 1. The Bertz CT molecular complexity index is 1350. The van der Waals surface area contributed by atoms with Gasteiger partial charge in [-0.2, -0.15) is 4.68 Å². The lowest BCUT2D eigenvalue weighted by atomic mass is 9.51. The molecule has 0 bridgehead atoms. The third-order valence-electron chi connectivity index (χ3n) is 8.29. The van der Waals surface area contributed by atoms with E-state index in [0.717, 1.165) is 61.1 Å². The Hall–Kier alpha value is -3.20. The molecule has 196 valence electrons. The van der Waals surface area contributed by atoms with Gasteiger partial charge in [-0.1, -0.05) is 12.1 Å². The van der Waals surface area contributed by atoms with Gasteiger partial charge in [0.2, 0.25) is 0 Å². The summed E-state index contributed by atoms with van der Waals surface area (Å²) in [6.07, 6.45) is 9.82. The molecule has 2 aliphatic carbocycles. The Morgan fingerprint density at radius 2 is 2.00 bits per heavy atom. The molecule has 1 aromatic carbocycles. The monoisotopic (exact) mass is 504 g/mol. The van der Waals surface area contributed by atoms with Crippen LogP contribution in [-0.2, 0) is 4.74 Å². The average Bonchev–Trinajstić information content (AvgIpc) is 3.19. The van der Waals surface area contributed by atoms with E-state index in [1.54, 1.807) is 12.4 Å². The van der Waals surface area contributed by atoms with E-state index < -0.39 is 5.60 Å². The van der Waals surface area contributed by atoms with Gasteiger partial charge in [0.25, 0.3) is 0 Å². The van der Waals surface area contributed by atoms with Crippen LogP contribution in [0.15, 0.2) is 41.5 Å². The lowest BCUT2D eigenvalue weighted by Gasteiger charge is -2.60. The minimum Gasteiger partial charge on any atom is -0.444 e. The van der Waals surface area contributed by atoms with E-state index in [2.05, 4.69) is 20.2 Å². The maximum atomic E-state index is 12.9. The van der Waals surface area contributed by atoms with Crippen molar-refractivity contribution in [1.29, 1.82) is 0 Å². The van der Waals surface area contributed by atoms with E-state index in [1.165, 1.54) is 17.5 Å². The molecular weight excluding hydrogens is 468 g/mol. The van der Waals surface area contributed by atoms with Crippen molar-refractivity contribution >= 4 is 16.9 Å². The van der Waals surface area contributed by atoms with Crippen molar-refractivity contribution in [3.8, 4) is 5.69 Å². The van der Waals surface area contributed by atoms with Crippen LogP contribution in [0, 0.1) is 5.41 Å². The highest BCUT2D eigenvalue weighted by Crippen LogP contribution is 2.57. The van der Waals surface area contributed by atoms with Crippen molar-refractivity contribution in [2.45, 2.75) is 82.9 Å². The summed E-state index contributed by atoms with van der Waals surface area (Å²) in [6.45, 7) is 7.68. The van der Waals surface area contributed by atoms with E-state index in [0.29, 0.717) is 11.5 Å².